The first kappa shape index (κ1) is 16.3. The number of sulfonamides is 1. The standard InChI is InChI=1S/C11H19N5O3S2/c1-8(17)13-10-14-15-11(20-10)21(18,19)16-6-2-3-9(7-16)4-5-12/h9H,2-7,12H2,1H3,(H,13,14,17). The van der Waals surface area contributed by atoms with Crippen molar-refractivity contribution in [3.8, 4) is 0 Å². The first-order chi connectivity index (χ1) is 9.93. The van der Waals surface area contributed by atoms with E-state index in [1.807, 2.05) is 0 Å². The Kier molecular flexibility index (Phi) is 5.25. The Balaban J connectivity index is 2.13. The maximum atomic E-state index is 12.5. The van der Waals surface area contributed by atoms with Crippen LogP contribution in [0.2, 0.25) is 0 Å². The van der Waals surface area contributed by atoms with E-state index in [9.17, 15) is 13.2 Å². The molecule has 3 N–H and O–H groups in total. The fourth-order valence-corrected chi connectivity index (χ4v) is 4.98. The predicted molar refractivity (Wildman–Crippen MR) is 79.4 cm³/mol. The highest BCUT2D eigenvalue weighted by atomic mass is 32.2. The van der Waals surface area contributed by atoms with Crippen LogP contribution < -0.4 is 11.1 Å². The van der Waals surface area contributed by atoms with Gasteiger partial charge in [0.05, 0.1) is 0 Å². The summed E-state index contributed by atoms with van der Waals surface area (Å²) >= 11 is 0.868. The molecule has 0 radical (unpaired) electrons. The third-order valence-electron chi connectivity index (χ3n) is 3.31. The molecule has 0 aromatic carbocycles. The average Bonchev–Trinajstić information content (AvgIpc) is 2.88. The van der Waals surface area contributed by atoms with Crippen LogP contribution in [0.4, 0.5) is 5.13 Å². The quantitative estimate of drug-likeness (QED) is 0.746. The van der Waals surface area contributed by atoms with E-state index in [0.717, 1.165) is 30.6 Å². The smallest absolute Gasteiger partial charge is 0.272 e. The van der Waals surface area contributed by atoms with Crippen molar-refractivity contribution in [2.75, 3.05) is 25.0 Å². The first-order valence-electron chi connectivity index (χ1n) is 6.75. The van der Waals surface area contributed by atoms with E-state index in [1.165, 1.54) is 11.2 Å². The molecule has 1 atom stereocenters. The summed E-state index contributed by atoms with van der Waals surface area (Å²) in [6, 6.07) is 0. The molecule has 1 fully saturated rings. The molecule has 1 aromatic heterocycles. The van der Waals surface area contributed by atoms with Crippen LogP contribution in [0.5, 0.6) is 0 Å². The van der Waals surface area contributed by atoms with Gasteiger partial charge in [-0.05, 0) is 31.7 Å². The molecule has 1 aliphatic heterocycles. The highest BCUT2D eigenvalue weighted by Gasteiger charge is 2.32. The predicted octanol–water partition coefficient (Wildman–Crippen LogP) is 0.246. The Bertz CT molecular complexity index is 599. The van der Waals surface area contributed by atoms with Crippen LogP contribution in [-0.4, -0.2) is 48.5 Å². The van der Waals surface area contributed by atoms with Crippen molar-refractivity contribution in [1.82, 2.24) is 14.5 Å². The Hall–Kier alpha value is -1.10. The topological polar surface area (TPSA) is 118 Å². The third-order valence-corrected chi connectivity index (χ3v) is 6.36. The minimum Gasteiger partial charge on any atom is -0.330 e. The van der Waals surface area contributed by atoms with Crippen molar-refractivity contribution < 1.29 is 13.2 Å². The van der Waals surface area contributed by atoms with Crippen LogP contribution in [-0.2, 0) is 14.8 Å². The normalized spacial score (nSPS) is 20.4. The maximum absolute atomic E-state index is 12.5. The van der Waals surface area contributed by atoms with Gasteiger partial charge in [0, 0.05) is 20.0 Å². The van der Waals surface area contributed by atoms with E-state index in [4.69, 9.17) is 5.73 Å². The van der Waals surface area contributed by atoms with Crippen LogP contribution in [0.25, 0.3) is 0 Å². The van der Waals surface area contributed by atoms with E-state index >= 15 is 0 Å². The van der Waals surface area contributed by atoms with Crippen molar-refractivity contribution in [3.63, 3.8) is 0 Å². The number of hydrogen-bond acceptors (Lipinski definition) is 7. The number of carbonyl (C=O) groups is 1. The van der Waals surface area contributed by atoms with Gasteiger partial charge in [-0.2, -0.15) is 4.31 Å². The van der Waals surface area contributed by atoms with Gasteiger partial charge in [-0.25, -0.2) is 8.42 Å². The number of hydrogen-bond donors (Lipinski definition) is 2. The van der Waals surface area contributed by atoms with Crippen molar-refractivity contribution in [2.24, 2.45) is 11.7 Å². The maximum Gasteiger partial charge on any atom is 0.272 e. The Labute approximate surface area is 127 Å². The minimum atomic E-state index is -3.64. The molecule has 1 aliphatic rings. The number of piperidine rings is 1. The number of nitrogens with one attached hydrogen (secondary N) is 1. The lowest BCUT2D eigenvalue weighted by molar-refractivity contribution is -0.114. The molecule has 0 bridgehead atoms. The SMILES string of the molecule is CC(=O)Nc1nnc(S(=O)(=O)N2CCCC(CCN)C2)s1. The summed E-state index contributed by atoms with van der Waals surface area (Å²) in [5.41, 5.74) is 5.55. The molecule has 1 aromatic rings. The van der Waals surface area contributed by atoms with Gasteiger partial charge in [0.1, 0.15) is 0 Å². The summed E-state index contributed by atoms with van der Waals surface area (Å²) < 4.78 is 26.4. The molecule has 1 saturated heterocycles. The number of rotatable bonds is 5. The van der Waals surface area contributed by atoms with Crippen molar-refractivity contribution in [1.29, 1.82) is 0 Å². The largest absolute Gasteiger partial charge is 0.330 e. The van der Waals surface area contributed by atoms with Crippen molar-refractivity contribution in [3.05, 3.63) is 0 Å². The van der Waals surface area contributed by atoms with Crippen LogP contribution in [0.15, 0.2) is 4.34 Å². The van der Waals surface area contributed by atoms with E-state index < -0.39 is 10.0 Å². The van der Waals surface area contributed by atoms with Crippen LogP contribution >= 0.6 is 11.3 Å². The lowest BCUT2D eigenvalue weighted by Crippen LogP contribution is -2.40. The zero-order valence-electron chi connectivity index (χ0n) is 11.8. The van der Waals surface area contributed by atoms with Gasteiger partial charge < -0.3 is 11.1 Å². The number of nitrogens with two attached hydrogens (primary N) is 1. The van der Waals surface area contributed by atoms with Gasteiger partial charge in [-0.15, -0.1) is 10.2 Å². The van der Waals surface area contributed by atoms with Gasteiger partial charge in [-0.1, -0.05) is 11.3 Å². The Morgan fingerprint density at radius 1 is 1.52 bits per heavy atom. The zero-order chi connectivity index (χ0) is 15.5. The second kappa shape index (κ2) is 6.77. The van der Waals surface area contributed by atoms with E-state index in [0.29, 0.717) is 25.6 Å². The van der Waals surface area contributed by atoms with Crippen LogP contribution in [0.3, 0.4) is 0 Å². The molecule has 1 unspecified atom stereocenters. The fourth-order valence-electron chi connectivity index (χ4n) is 2.34. The summed E-state index contributed by atoms with van der Waals surface area (Å²) in [6.07, 6.45) is 2.64. The molecule has 0 aliphatic carbocycles. The summed E-state index contributed by atoms with van der Waals surface area (Å²) in [4.78, 5) is 10.9. The average molecular weight is 333 g/mol. The first-order valence-corrected chi connectivity index (χ1v) is 9.00. The molecule has 2 heterocycles. The number of carbonyl (C=O) groups excluding carboxylic acids is 1. The van der Waals surface area contributed by atoms with Gasteiger partial charge in [0.15, 0.2) is 0 Å². The second-order valence-electron chi connectivity index (χ2n) is 5.00. The fraction of sp³-hybridized carbons (Fsp3) is 0.727. The molecule has 21 heavy (non-hydrogen) atoms. The number of anilines is 1. The number of amides is 1. The summed E-state index contributed by atoms with van der Waals surface area (Å²) in [7, 11) is -3.64. The van der Waals surface area contributed by atoms with Crippen molar-refractivity contribution in [2.45, 2.75) is 30.5 Å². The van der Waals surface area contributed by atoms with Crippen LogP contribution in [0, 0.1) is 5.92 Å². The summed E-state index contributed by atoms with van der Waals surface area (Å²) in [5.74, 6) is -0.0164. The number of nitrogens with zero attached hydrogens (tertiary/aromatic N) is 3. The molecule has 1 amide bonds. The highest BCUT2D eigenvalue weighted by molar-refractivity contribution is 7.91. The minimum absolute atomic E-state index is 0.0837. The van der Waals surface area contributed by atoms with Gasteiger partial charge in [0.25, 0.3) is 10.0 Å². The monoisotopic (exact) mass is 333 g/mol. The van der Waals surface area contributed by atoms with E-state index in [1.54, 1.807) is 0 Å². The molecule has 10 heteroatoms. The second-order valence-corrected chi connectivity index (χ2v) is 8.09. The Morgan fingerprint density at radius 2 is 2.29 bits per heavy atom. The molecule has 0 spiro atoms. The van der Waals surface area contributed by atoms with Gasteiger partial charge >= 0.3 is 0 Å². The third kappa shape index (κ3) is 3.96. The summed E-state index contributed by atoms with van der Waals surface area (Å²) in [6.45, 7) is 2.84. The lowest BCUT2D eigenvalue weighted by atomic mass is 9.96. The van der Waals surface area contributed by atoms with Crippen molar-refractivity contribution >= 4 is 32.4 Å². The summed E-state index contributed by atoms with van der Waals surface area (Å²) in [5, 5.41) is 10.00. The van der Waals surface area contributed by atoms with E-state index in [2.05, 4.69) is 15.5 Å². The Morgan fingerprint density at radius 3 is 2.95 bits per heavy atom. The molecule has 118 valence electrons. The lowest BCUT2D eigenvalue weighted by Gasteiger charge is -2.30. The molecule has 0 saturated carbocycles. The van der Waals surface area contributed by atoms with Crippen LogP contribution in [0.1, 0.15) is 26.2 Å². The molecule has 8 nitrogen and oxygen atoms in total. The molecule has 2 rings (SSSR count). The molecular weight excluding hydrogens is 314 g/mol. The van der Waals surface area contributed by atoms with E-state index in [-0.39, 0.29) is 15.4 Å². The van der Waals surface area contributed by atoms with Gasteiger partial charge in [-0.3, -0.25) is 4.79 Å². The zero-order valence-corrected chi connectivity index (χ0v) is 13.4. The van der Waals surface area contributed by atoms with Gasteiger partial charge in [0.2, 0.25) is 15.4 Å². The molecular formula is C11H19N5O3S2. The highest BCUT2D eigenvalue weighted by Crippen LogP contribution is 2.28. The number of aromatic nitrogens is 2.